The molecule has 22 heavy (non-hydrogen) atoms. The molecule has 9 heteroatoms. The van der Waals surface area contributed by atoms with Crippen molar-refractivity contribution in [3.63, 3.8) is 0 Å². The predicted molar refractivity (Wildman–Crippen MR) is 84.9 cm³/mol. The molecular formula is C13H21N5O3S. The molecule has 0 aromatic carbocycles. The van der Waals surface area contributed by atoms with Crippen LogP contribution in [0.15, 0.2) is 18.3 Å². The maximum Gasteiger partial charge on any atom is 0.301 e. The lowest BCUT2D eigenvalue weighted by atomic mass is 10.3. The molecule has 1 saturated heterocycles. The van der Waals surface area contributed by atoms with Crippen LogP contribution in [0.4, 0.5) is 11.5 Å². The maximum atomic E-state index is 11.7. The van der Waals surface area contributed by atoms with E-state index in [-0.39, 0.29) is 5.91 Å². The minimum absolute atomic E-state index is 0.0843. The highest BCUT2D eigenvalue weighted by Crippen LogP contribution is 2.17. The zero-order chi connectivity index (χ0) is 16.3. The number of aromatic nitrogens is 1. The number of amides is 1. The van der Waals surface area contributed by atoms with E-state index in [0.29, 0.717) is 18.8 Å². The fraction of sp³-hybridized carbons (Fsp3) is 0.538. The van der Waals surface area contributed by atoms with Crippen molar-refractivity contribution in [2.45, 2.75) is 6.92 Å². The third-order valence-corrected chi connectivity index (χ3v) is 4.98. The van der Waals surface area contributed by atoms with Crippen LogP contribution in [0, 0.1) is 0 Å². The van der Waals surface area contributed by atoms with Crippen LogP contribution < -0.4 is 9.62 Å². The van der Waals surface area contributed by atoms with Crippen LogP contribution in [0.25, 0.3) is 0 Å². The molecule has 2 heterocycles. The largest absolute Gasteiger partial charge is 0.353 e. The number of nitrogens with zero attached hydrogens (tertiary/aromatic N) is 4. The summed E-state index contributed by atoms with van der Waals surface area (Å²) in [5.41, 5.74) is 0.417. The molecule has 1 aliphatic heterocycles. The molecule has 2 rings (SSSR count). The molecule has 1 N–H and O–H groups in total. The highest BCUT2D eigenvalue weighted by atomic mass is 32.2. The molecule has 0 bridgehead atoms. The fourth-order valence-electron chi connectivity index (χ4n) is 2.12. The van der Waals surface area contributed by atoms with Crippen molar-refractivity contribution < 1.29 is 13.2 Å². The van der Waals surface area contributed by atoms with Crippen LogP contribution in [-0.4, -0.2) is 68.8 Å². The predicted octanol–water partition coefficient (Wildman–Crippen LogP) is -0.0316. The zero-order valence-electron chi connectivity index (χ0n) is 13.0. The van der Waals surface area contributed by atoms with E-state index in [9.17, 15) is 13.2 Å². The Morgan fingerprint density at radius 1 is 1.23 bits per heavy atom. The molecule has 0 unspecified atom stereocenters. The minimum atomic E-state index is -3.52. The van der Waals surface area contributed by atoms with Crippen molar-refractivity contribution in [1.82, 2.24) is 14.2 Å². The van der Waals surface area contributed by atoms with E-state index in [1.165, 1.54) is 20.3 Å². The second-order valence-corrected chi connectivity index (χ2v) is 7.17. The molecule has 1 aromatic heterocycles. The quantitative estimate of drug-likeness (QED) is 0.839. The van der Waals surface area contributed by atoms with E-state index in [2.05, 4.69) is 14.6 Å². The van der Waals surface area contributed by atoms with E-state index in [0.717, 1.165) is 23.2 Å². The summed E-state index contributed by atoms with van der Waals surface area (Å²) in [4.78, 5) is 19.5. The Hall–Kier alpha value is -1.87. The summed E-state index contributed by atoms with van der Waals surface area (Å²) in [5, 5.41) is 0. The summed E-state index contributed by atoms with van der Waals surface area (Å²) in [6, 6.07) is 3.46. The molecular weight excluding hydrogens is 306 g/mol. The summed E-state index contributed by atoms with van der Waals surface area (Å²) in [6.45, 7) is 4.35. The Morgan fingerprint density at radius 3 is 2.32 bits per heavy atom. The first kappa shape index (κ1) is 16.5. The first-order chi connectivity index (χ1) is 10.3. The van der Waals surface area contributed by atoms with E-state index in [1.807, 2.05) is 0 Å². The van der Waals surface area contributed by atoms with Crippen LogP contribution in [0.3, 0.4) is 0 Å². The van der Waals surface area contributed by atoms with E-state index in [1.54, 1.807) is 24.0 Å². The number of rotatable bonds is 4. The SMILES string of the molecule is CC(=O)N1CCN(c2ccc(NS(=O)(=O)N(C)C)cn2)CC1. The van der Waals surface area contributed by atoms with Gasteiger partial charge in [-0.3, -0.25) is 9.52 Å². The van der Waals surface area contributed by atoms with Crippen LogP contribution in [0.2, 0.25) is 0 Å². The number of piperazine rings is 1. The normalized spacial score (nSPS) is 16.0. The van der Waals surface area contributed by atoms with Gasteiger partial charge in [-0.05, 0) is 12.1 Å². The van der Waals surface area contributed by atoms with Crippen LogP contribution >= 0.6 is 0 Å². The standard InChI is InChI=1S/C13H21N5O3S/c1-11(19)17-6-8-18(9-7-17)13-5-4-12(10-14-13)15-22(20,21)16(2)3/h4-5,10,15H,6-9H2,1-3H3. The number of pyridine rings is 1. The highest BCUT2D eigenvalue weighted by Gasteiger charge is 2.19. The molecule has 1 amide bonds. The van der Waals surface area contributed by atoms with Crippen LogP contribution in [0.5, 0.6) is 0 Å². The molecule has 0 atom stereocenters. The minimum Gasteiger partial charge on any atom is -0.353 e. The summed E-state index contributed by atoms with van der Waals surface area (Å²) in [5.74, 6) is 0.858. The second kappa shape index (κ2) is 6.49. The number of hydrogen-bond acceptors (Lipinski definition) is 5. The topological polar surface area (TPSA) is 85.8 Å². The monoisotopic (exact) mass is 327 g/mol. The Kier molecular flexibility index (Phi) is 4.87. The lowest BCUT2D eigenvalue weighted by Gasteiger charge is -2.34. The van der Waals surface area contributed by atoms with Crippen LogP contribution in [-0.2, 0) is 15.0 Å². The van der Waals surface area contributed by atoms with E-state index < -0.39 is 10.2 Å². The molecule has 0 radical (unpaired) electrons. The average Bonchev–Trinajstić information content (AvgIpc) is 2.47. The number of nitrogens with one attached hydrogen (secondary N) is 1. The zero-order valence-corrected chi connectivity index (χ0v) is 13.8. The van der Waals surface area contributed by atoms with Gasteiger partial charge in [-0.15, -0.1) is 0 Å². The van der Waals surface area contributed by atoms with Crippen molar-refractivity contribution >= 4 is 27.6 Å². The van der Waals surface area contributed by atoms with Crippen molar-refractivity contribution in [2.75, 3.05) is 49.9 Å². The summed E-state index contributed by atoms with van der Waals surface area (Å²) in [6.07, 6.45) is 1.49. The first-order valence-electron chi connectivity index (χ1n) is 6.96. The van der Waals surface area contributed by atoms with Gasteiger partial charge in [0.15, 0.2) is 0 Å². The summed E-state index contributed by atoms with van der Waals surface area (Å²) >= 11 is 0. The summed E-state index contributed by atoms with van der Waals surface area (Å²) < 4.78 is 27.0. The molecule has 0 aliphatic carbocycles. The number of anilines is 2. The van der Waals surface area contributed by atoms with Crippen molar-refractivity contribution in [3.8, 4) is 0 Å². The van der Waals surface area contributed by atoms with Gasteiger partial charge in [-0.1, -0.05) is 0 Å². The van der Waals surface area contributed by atoms with Gasteiger partial charge in [-0.25, -0.2) is 4.98 Å². The van der Waals surface area contributed by atoms with Gasteiger partial charge in [0, 0.05) is 47.2 Å². The Bertz CT molecular complexity index is 622. The van der Waals surface area contributed by atoms with Gasteiger partial charge in [0.1, 0.15) is 5.82 Å². The molecule has 1 aliphatic rings. The third kappa shape index (κ3) is 3.86. The Morgan fingerprint density at radius 2 is 1.86 bits per heavy atom. The smallest absolute Gasteiger partial charge is 0.301 e. The van der Waals surface area contributed by atoms with Crippen molar-refractivity contribution in [3.05, 3.63) is 18.3 Å². The van der Waals surface area contributed by atoms with E-state index in [4.69, 9.17) is 0 Å². The number of hydrogen-bond donors (Lipinski definition) is 1. The number of carbonyl (C=O) groups excluding carboxylic acids is 1. The van der Waals surface area contributed by atoms with Gasteiger partial charge >= 0.3 is 10.2 Å². The van der Waals surface area contributed by atoms with Gasteiger partial charge < -0.3 is 9.80 Å². The fourth-order valence-corrected chi connectivity index (χ4v) is 2.73. The lowest BCUT2D eigenvalue weighted by molar-refractivity contribution is -0.129. The second-order valence-electron chi connectivity index (χ2n) is 5.29. The van der Waals surface area contributed by atoms with Gasteiger partial charge in [0.05, 0.1) is 11.9 Å². The highest BCUT2D eigenvalue weighted by molar-refractivity contribution is 7.90. The van der Waals surface area contributed by atoms with Crippen molar-refractivity contribution in [2.24, 2.45) is 0 Å². The van der Waals surface area contributed by atoms with E-state index >= 15 is 0 Å². The molecule has 122 valence electrons. The van der Waals surface area contributed by atoms with Crippen LogP contribution in [0.1, 0.15) is 6.92 Å². The van der Waals surface area contributed by atoms with Gasteiger partial charge in [0.25, 0.3) is 0 Å². The lowest BCUT2D eigenvalue weighted by Crippen LogP contribution is -2.48. The van der Waals surface area contributed by atoms with Gasteiger partial charge in [0.2, 0.25) is 5.91 Å². The first-order valence-corrected chi connectivity index (χ1v) is 8.40. The maximum absolute atomic E-state index is 11.7. The molecule has 0 saturated carbocycles. The third-order valence-electron chi connectivity index (χ3n) is 3.52. The molecule has 1 fully saturated rings. The Labute approximate surface area is 130 Å². The number of carbonyl (C=O) groups is 1. The molecule has 1 aromatic rings. The summed E-state index contributed by atoms with van der Waals surface area (Å²) in [7, 11) is -0.606. The molecule has 0 spiro atoms. The Balaban J connectivity index is 2.00. The molecule has 8 nitrogen and oxygen atoms in total. The van der Waals surface area contributed by atoms with Gasteiger partial charge in [-0.2, -0.15) is 12.7 Å². The van der Waals surface area contributed by atoms with Crippen molar-refractivity contribution in [1.29, 1.82) is 0 Å². The average molecular weight is 327 g/mol.